The first-order valence-corrected chi connectivity index (χ1v) is 6.81. The fourth-order valence-corrected chi connectivity index (χ4v) is 2.56. The quantitative estimate of drug-likeness (QED) is 0.645. The lowest BCUT2D eigenvalue weighted by Crippen LogP contribution is -2.60. The summed E-state index contributed by atoms with van der Waals surface area (Å²) in [4.78, 5) is 10.2. The van der Waals surface area contributed by atoms with Crippen LogP contribution < -0.4 is 10.1 Å². The number of nitrogens with zero attached hydrogens (tertiary/aromatic N) is 1. The monoisotopic (exact) mass is 300 g/mol. The molecule has 3 atom stereocenters. The summed E-state index contributed by atoms with van der Waals surface area (Å²) in [5.74, 6) is 0.444. The van der Waals surface area contributed by atoms with Gasteiger partial charge in [-0.3, -0.25) is 10.1 Å². The molecule has 1 aromatic rings. The van der Waals surface area contributed by atoms with E-state index in [1.54, 1.807) is 7.11 Å². The Morgan fingerprint density at radius 3 is 2.85 bits per heavy atom. The summed E-state index contributed by atoms with van der Waals surface area (Å²) in [6.45, 7) is 2.91. The Hall–Kier alpha value is -1.37. The van der Waals surface area contributed by atoms with Crippen LogP contribution in [0.1, 0.15) is 13.3 Å². The van der Waals surface area contributed by atoms with Gasteiger partial charge in [0, 0.05) is 31.7 Å². The highest BCUT2D eigenvalue weighted by Crippen LogP contribution is 2.34. The largest absolute Gasteiger partial charge is 0.486 e. The summed E-state index contributed by atoms with van der Waals surface area (Å²) in [6.07, 6.45) is 0.684. The minimum atomic E-state index is -0.488. The van der Waals surface area contributed by atoms with E-state index < -0.39 is 4.92 Å². The highest BCUT2D eigenvalue weighted by molar-refractivity contribution is 6.32. The van der Waals surface area contributed by atoms with E-state index in [0.717, 1.165) is 13.0 Å². The second kappa shape index (κ2) is 6.39. The molecule has 0 bridgehead atoms. The van der Waals surface area contributed by atoms with Gasteiger partial charge in [0.1, 0.15) is 18.0 Å². The molecule has 1 N–H and O–H groups in total. The van der Waals surface area contributed by atoms with Crippen molar-refractivity contribution in [3.05, 3.63) is 33.3 Å². The van der Waals surface area contributed by atoms with Crippen LogP contribution in [-0.2, 0) is 4.74 Å². The fraction of sp³-hybridized carbons (Fsp3) is 0.538. The second-order valence-corrected chi connectivity index (χ2v) is 5.04. The van der Waals surface area contributed by atoms with E-state index in [1.807, 2.05) is 6.92 Å². The average molecular weight is 301 g/mol. The molecule has 1 aromatic carbocycles. The lowest BCUT2D eigenvalue weighted by atomic mass is 9.85. The number of hydrogen-bond acceptors (Lipinski definition) is 5. The van der Waals surface area contributed by atoms with Gasteiger partial charge in [-0.2, -0.15) is 0 Å². The maximum atomic E-state index is 10.6. The van der Waals surface area contributed by atoms with Crippen LogP contribution in [0.4, 0.5) is 5.69 Å². The van der Waals surface area contributed by atoms with E-state index in [9.17, 15) is 10.1 Å². The van der Waals surface area contributed by atoms with Crippen LogP contribution in [0, 0.1) is 10.1 Å². The minimum absolute atomic E-state index is 0.0405. The standard InChI is InChI=1S/C13H17ClN2O4/c1-3-15-10-7-12(13(10)19-2)20-11-5-4-8(16(17)18)6-9(11)14/h4-6,10,12-13,15H,3,7H2,1-2H3. The van der Waals surface area contributed by atoms with Crippen LogP contribution in [0.2, 0.25) is 5.02 Å². The number of rotatable bonds is 6. The molecule has 7 heteroatoms. The van der Waals surface area contributed by atoms with Crippen LogP contribution in [-0.4, -0.2) is 36.8 Å². The zero-order valence-corrected chi connectivity index (χ0v) is 12.1. The molecule has 1 saturated carbocycles. The molecule has 0 aliphatic heterocycles. The maximum absolute atomic E-state index is 10.6. The Balaban J connectivity index is 2.02. The average Bonchev–Trinajstić information content (AvgIpc) is 2.39. The minimum Gasteiger partial charge on any atom is -0.486 e. The zero-order valence-electron chi connectivity index (χ0n) is 11.3. The van der Waals surface area contributed by atoms with Gasteiger partial charge in [0.25, 0.3) is 5.69 Å². The van der Waals surface area contributed by atoms with E-state index in [1.165, 1.54) is 18.2 Å². The summed E-state index contributed by atoms with van der Waals surface area (Å²) in [6, 6.07) is 4.46. The van der Waals surface area contributed by atoms with Gasteiger partial charge in [-0.1, -0.05) is 18.5 Å². The summed E-state index contributed by atoms with van der Waals surface area (Å²) in [5.41, 5.74) is -0.0511. The van der Waals surface area contributed by atoms with Gasteiger partial charge in [0.05, 0.1) is 9.95 Å². The molecule has 1 aliphatic rings. The molecule has 110 valence electrons. The highest BCUT2D eigenvalue weighted by atomic mass is 35.5. The van der Waals surface area contributed by atoms with Crippen molar-refractivity contribution >= 4 is 17.3 Å². The van der Waals surface area contributed by atoms with Gasteiger partial charge in [0.2, 0.25) is 0 Å². The number of ether oxygens (including phenoxy) is 2. The number of benzene rings is 1. The predicted octanol–water partition coefficient (Wildman–Crippen LogP) is 2.39. The molecule has 20 heavy (non-hydrogen) atoms. The van der Waals surface area contributed by atoms with Crippen molar-refractivity contribution < 1.29 is 14.4 Å². The van der Waals surface area contributed by atoms with Crippen LogP contribution in [0.25, 0.3) is 0 Å². The predicted molar refractivity (Wildman–Crippen MR) is 75.4 cm³/mol. The Morgan fingerprint density at radius 2 is 2.30 bits per heavy atom. The summed E-state index contributed by atoms with van der Waals surface area (Å²) < 4.78 is 11.2. The Bertz CT molecular complexity index is 497. The Labute approximate surface area is 122 Å². The van der Waals surface area contributed by atoms with E-state index in [2.05, 4.69) is 5.32 Å². The molecule has 1 fully saturated rings. The third-order valence-corrected chi connectivity index (χ3v) is 3.69. The van der Waals surface area contributed by atoms with E-state index in [0.29, 0.717) is 5.75 Å². The first-order valence-electron chi connectivity index (χ1n) is 6.43. The molecule has 0 saturated heterocycles. The molecule has 0 aromatic heterocycles. The molecule has 3 unspecified atom stereocenters. The zero-order chi connectivity index (χ0) is 14.7. The number of halogens is 1. The smallest absolute Gasteiger partial charge is 0.271 e. The van der Waals surface area contributed by atoms with Gasteiger partial charge >= 0.3 is 0 Å². The lowest BCUT2D eigenvalue weighted by Gasteiger charge is -2.43. The van der Waals surface area contributed by atoms with Crippen molar-refractivity contribution in [2.75, 3.05) is 13.7 Å². The molecule has 6 nitrogen and oxygen atoms in total. The number of nitrogens with one attached hydrogen (secondary N) is 1. The summed E-state index contributed by atoms with van der Waals surface area (Å²) in [7, 11) is 1.64. The van der Waals surface area contributed by atoms with Gasteiger partial charge in [-0.25, -0.2) is 0 Å². The number of likely N-dealkylation sites (N-methyl/N-ethyl adjacent to an activating group) is 1. The molecule has 2 rings (SSSR count). The fourth-order valence-electron chi connectivity index (χ4n) is 2.34. The molecule has 0 amide bonds. The van der Waals surface area contributed by atoms with Crippen molar-refractivity contribution in [1.82, 2.24) is 5.32 Å². The van der Waals surface area contributed by atoms with Crippen LogP contribution in [0.3, 0.4) is 0 Å². The first kappa shape index (κ1) is 15.0. The molecule has 1 aliphatic carbocycles. The third kappa shape index (κ3) is 3.03. The van der Waals surface area contributed by atoms with Crippen molar-refractivity contribution in [1.29, 1.82) is 0 Å². The van der Waals surface area contributed by atoms with Crippen molar-refractivity contribution in [3.63, 3.8) is 0 Å². The number of methoxy groups -OCH3 is 1. The molecule has 0 radical (unpaired) electrons. The molecule has 0 heterocycles. The van der Waals surface area contributed by atoms with Gasteiger partial charge in [-0.05, 0) is 12.6 Å². The topological polar surface area (TPSA) is 73.6 Å². The van der Waals surface area contributed by atoms with E-state index >= 15 is 0 Å². The number of nitro groups is 1. The molecular weight excluding hydrogens is 284 g/mol. The maximum Gasteiger partial charge on any atom is 0.271 e. The normalized spacial score (nSPS) is 25.1. The van der Waals surface area contributed by atoms with E-state index in [-0.39, 0.29) is 29.0 Å². The van der Waals surface area contributed by atoms with Crippen molar-refractivity contribution in [2.45, 2.75) is 31.6 Å². The van der Waals surface area contributed by atoms with Crippen LogP contribution >= 0.6 is 11.6 Å². The summed E-state index contributed by atoms with van der Waals surface area (Å²) in [5, 5.41) is 14.2. The third-order valence-electron chi connectivity index (χ3n) is 3.39. The number of non-ortho nitro benzene ring substituents is 1. The SMILES string of the molecule is CCNC1CC(Oc2ccc([N+](=O)[O-])cc2Cl)C1OC. The Kier molecular flexibility index (Phi) is 4.80. The van der Waals surface area contributed by atoms with Gasteiger partial charge < -0.3 is 14.8 Å². The summed E-state index contributed by atoms with van der Waals surface area (Å²) >= 11 is 6.00. The second-order valence-electron chi connectivity index (χ2n) is 4.63. The number of hydrogen-bond donors (Lipinski definition) is 1. The van der Waals surface area contributed by atoms with Crippen molar-refractivity contribution in [2.24, 2.45) is 0 Å². The van der Waals surface area contributed by atoms with Crippen LogP contribution in [0.15, 0.2) is 18.2 Å². The molecule has 0 spiro atoms. The molecular formula is C13H17ClN2O4. The van der Waals surface area contributed by atoms with Crippen molar-refractivity contribution in [3.8, 4) is 5.75 Å². The van der Waals surface area contributed by atoms with Gasteiger partial charge in [-0.15, -0.1) is 0 Å². The van der Waals surface area contributed by atoms with Gasteiger partial charge in [0.15, 0.2) is 0 Å². The Morgan fingerprint density at radius 1 is 1.55 bits per heavy atom. The lowest BCUT2D eigenvalue weighted by molar-refractivity contribution is -0.384. The number of nitro benzene ring substituents is 1. The first-order chi connectivity index (χ1) is 9.56. The highest BCUT2D eigenvalue weighted by Gasteiger charge is 2.43. The van der Waals surface area contributed by atoms with E-state index in [4.69, 9.17) is 21.1 Å². The van der Waals surface area contributed by atoms with Crippen LogP contribution in [0.5, 0.6) is 5.75 Å².